The lowest BCUT2D eigenvalue weighted by atomic mass is 10.1. The summed E-state index contributed by atoms with van der Waals surface area (Å²) in [6.07, 6.45) is 2.07. The van der Waals surface area contributed by atoms with E-state index in [4.69, 9.17) is 0 Å². The first-order valence-electron chi connectivity index (χ1n) is 9.65. The smallest absolute Gasteiger partial charge is 0.269 e. The maximum Gasteiger partial charge on any atom is 0.269 e. The number of hydrogen-bond donors (Lipinski definition) is 0. The normalized spacial score (nSPS) is 10.9. The maximum atomic E-state index is 11.1. The molecular weight excluding hydrogens is 348 g/mol. The number of nitro groups is 1. The number of non-ortho nitro benzene ring substituents is 1. The number of benzene rings is 3. The predicted octanol–water partition coefficient (Wildman–Crippen LogP) is 5.54. The summed E-state index contributed by atoms with van der Waals surface area (Å²) in [7, 11) is 0. The molecule has 0 unspecified atom stereocenters. The first kappa shape index (κ1) is 19.8. The Hall–Kier alpha value is -2.98. The van der Waals surface area contributed by atoms with Crippen LogP contribution in [0.1, 0.15) is 28.7 Å². The molecular formula is C24H26N2O2. The van der Waals surface area contributed by atoms with Crippen LogP contribution < -0.4 is 0 Å². The van der Waals surface area contributed by atoms with E-state index in [1.807, 2.05) is 12.1 Å². The Morgan fingerprint density at radius 3 is 2.14 bits per heavy atom. The van der Waals surface area contributed by atoms with Crippen molar-refractivity contribution in [3.05, 3.63) is 111 Å². The molecule has 0 aromatic heterocycles. The Bertz CT molecular complexity index is 909. The average Bonchev–Trinajstić information content (AvgIpc) is 2.69. The molecule has 144 valence electrons. The van der Waals surface area contributed by atoms with Crippen molar-refractivity contribution in [3.8, 4) is 0 Å². The zero-order chi connectivity index (χ0) is 19.8. The van der Waals surface area contributed by atoms with Gasteiger partial charge in [-0.05, 0) is 43.0 Å². The minimum Gasteiger partial charge on any atom is -0.295 e. The molecule has 4 nitrogen and oxygen atoms in total. The van der Waals surface area contributed by atoms with E-state index in [0.29, 0.717) is 6.54 Å². The summed E-state index contributed by atoms with van der Waals surface area (Å²) in [5.41, 5.74) is 4.98. The number of rotatable bonds is 9. The Morgan fingerprint density at radius 1 is 0.821 bits per heavy atom. The lowest BCUT2D eigenvalue weighted by molar-refractivity contribution is -0.384. The van der Waals surface area contributed by atoms with Gasteiger partial charge in [0.25, 0.3) is 5.69 Å². The predicted molar refractivity (Wildman–Crippen MR) is 113 cm³/mol. The van der Waals surface area contributed by atoms with Gasteiger partial charge in [0.05, 0.1) is 4.92 Å². The van der Waals surface area contributed by atoms with E-state index in [1.54, 1.807) is 18.2 Å². The molecule has 0 heterocycles. The van der Waals surface area contributed by atoms with Crippen molar-refractivity contribution >= 4 is 5.69 Å². The third-order valence-corrected chi connectivity index (χ3v) is 4.80. The average molecular weight is 374 g/mol. The molecule has 3 rings (SSSR count). The lowest BCUT2D eigenvalue weighted by Gasteiger charge is -2.23. The summed E-state index contributed by atoms with van der Waals surface area (Å²) < 4.78 is 0. The molecule has 28 heavy (non-hydrogen) atoms. The first-order valence-corrected chi connectivity index (χ1v) is 9.65. The summed E-state index contributed by atoms with van der Waals surface area (Å²) in [5, 5.41) is 11.1. The topological polar surface area (TPSA) is 46.4 Å². The first-order chi connectivity index (χ1) is 13.6. The van der Waals surface area contributed by atoms with Crippen molar-refractivity contribution in [2.45, 2.75) is 32.9 Å². The van der Waals surface area contributed by atoms with Gasteiger partial charge in [-0.2, -0.15) is 0 Å². The fourth-order valence-electron chi connectivity index (χ4n) is 3.46. The van der Waals surface area contributed by atoms with E-state index in [-0.39, 0.29) is 10.6 Å². The molecule has 0 radical (unpaired) electrons. The van der Waals surface area contributed by atoms with Crippen molar-refractivity contribution in [2.75, 3.05) is 6.54 Å². The maximum absolute atomic E-state index is 11.1. The molecule has 0 N–H and O–H groups in total. The van der Waals surface area contributed by atoms with Gasteiger partial charge >= 0.3 is 0 Å². The lowest BCUT2D eigenvalue weighted by Crippen LogP contribution is -2.24. The molecule has 0 bridgehead atoms. The second kappa shape index (κ2) is 9.81. The Morgan fingerprint density at radius 2 is 1.46 bits per heavy atom. The Kier molecular flexibility index (Phi) is 6.93. The van der Waals surface area contributed by atoms with Crippen LogP contribution in [0.5, 0.6) is 0 Å². The minimum atomic E-state index is -0.330. The molecule has 0 aliphatic heterocycles. The molecule has 0 aliphatic carbocycles. The van der Waals surface area contributed by atoms with Crippen molar-refractivity contribution < 1.29 is 4.92 Å². The second-order valence-electron chi connectivity index (χ2n) is 7.22. The zero-order valence-corrected chi connectivity index (χ0v) is 16.3. The van der Waals surface area contributed by atoms with Gasteiger partial charge in [0.15, 0.2) is 0 Å². The van der Waals surface area contributed by atoms with Gasteiger partial charge in [-0.15, -0.1) is 0 Å². The summed E-state index contributed by atoms with van der Waals surface area (Å²) in [5.74, 6) is 0. The van der Waals surface area contributed by atoms with E-state index in [2.05, 4.69) is 60.4 Å². The third kappa shape index (κ3) is 6.03. The van der Waals surface area contributed by atoms with E-state index in [9.17, 15) is 10.1 Å². The highest BCUT2D eigenvalue weighted by molar-refractivity contribution is 5.34. The van der Waals surface area contributed by atoms with E-state index < -0.39 is 0 Å². The summed E-state index contributed by atoms with van der Waals surface area (Å²) in [4.78, 5) is 13.1. The molecule has 0 amide bonds. The molecule has 0 saturated heterocycles. The monoisotopic (exact) mass is 374 g/mol. The quantitative estimate of drug-likeness (QED) is 0.365. The van der Waals surface area contributed by atoms with Crippen LogP contribution in [-0.2, 0) is 19.5 Å². The SMILES string of the molecule is Cc1cccc(CN(CCCc2ccccc2)Cc2cccc([N+](=O)[O-])c2)c1. The van der Waals surface area contributed by atoms with Crippen molar-refractivity contribution in [3.63, 3.8) is 0 Å². The van der Waals surface area contributed by atoms with Crippen LogP contribution in [0.4, 0.5) is 5.69 Å². The number of nitrogens with zero attached hydrogens (tertiary/aromatic N) is 2. The number of nitro benzene ring substituents is 1. The largest absolute Gasteiger partial charge is 0.295 e. The van der Waals surface area contributed by atoms with Gasteiger partial charge in [-0.3, -0.25) is 15.0 Å². The molecule has 0 saturated carbocycles. The molecule has 4 heteroatoms. The van der Waals surface area contributed by atoms with Crippen LogP contribution in [0.3, 0.4) is 0 Å². The Labute approximate surface area is 166 Å². The standard InChI is InChI=1S/C24H26N2O2/c1-20-8-5-11-22(16-20)18-25(15-7-13-21-9-3-2-4-10-21)19-23-12-6-14-24(17-23)26(27)28/h2-6,8-12,14,16-17H,7,13,15,18-19H2,1H3. The summed E-state index contributed by atoms with van der Waals surface area (Å²) in [6.45, 7) is 4.57. The fourth-order valence-corrected chi connectivity index (χ4v) is 3.46. The van der Waals surface area contributed by atoms with Crippen molar-refractivity contribution in [2.24, 2.45) is 0 Å². The highest BCUT2D eigenvalue weighted by Crippen LogP contribution is 2.17. The van der Waals surface area contributed by atoms with Crippen LogP contribution in [0.2, 0.25) is 0 Å². The van der Waals surface area contributed by atoms with Crippen LogP contribution in [-0.4, -0.2) is 16.4 Å². The molecule has 3 aromatic carbocycles. The molecule has 0 atom stereocenters. The highest BCUT2D eigenvalue weighted by Gasteiger charge is 2.11. The van der Waals surface area contributed by atoms with Gasteiger partial charge in [0.2, 0.25) is 0 Å². The van der Waals surface area contributed by atoms with Crippen LogP contribution in [0.15, 0.2) is 78.9 Å². The fraction of sp³-hybridized carbons (Fsp3) is 0.250. The molecule has 0 fully saturated rings. The van der Waals surface area contributed by atoms with Gasteiger partial charge in [0, 0.05) is 25.2 Å². The van der Waals surface area contributed by atoms with E-state index in [1.165, 1.54) is 16.7 Å². The second-order valence-corrected chi connectivity index (χ2v) is 7.22. The molecule has 3 aromatic rings. The van der Waals surface area contributed by atoms with Gasteiger partial charge in [-0.1, -0.05) is 72.3 Å². The van der Waals surface area contributed by atoms with Gasteiger partial charge in [-0.25, -0.2) is 0 Å². The number of hydrogen-bond acceptors (Lipinski definition) is 3. The van der Waals surface area contributed by atoms with Crippen LogP contribution >= 0.6 is 0 Å². The molecule has 0 spiro atoms. The van der Waals surface area contributed by atoms with Gasteiger partial charge in [0.1, 0.15) is 0 Å². The van der Waals surface area contributed by atoms with Crippen molar-refractivity contribution in [1.29, 1.82) is 0 Å². The van der Waals surface area contributed by atoms with E-state index >= 15 is 0 Å². The van der Waals surface area contributed by atoms with E-state index in [0.717, 1.165) is 31.5 Å². The van der Waals surface area contributed by atoms with Gasteiger partial charge < -0.3 is 0 Å². The number of aryl methyl sites for hydroxylation is 2. The van der Waals surface area contributed by atoms with Crippen LogP contribution in [0, 0.1) is 17.0 Å². The van der Waals surface area contributed by atoms with Crippen molar-refractivity contribution in [1.82, 2.24) is 4.90 Å². The molecule has 0 aliphatic rings. The third-order valence-electron chi connectivity index (χ3n) is 4.80. The van der Waals surface area contributed by atoms with Crippen LogP contribution in [0.25, 0.3) is 0 Å². The Balaban J connectivity index is 1.69. The summed E-state index contributed by atoms with van der Waals surface area (Å²) >= 11 is 0. The minimum absolute atomic E-state index is 0.150. The summed E-state index contributed by atoms with van der Waals surface area (Å²) in [6, 6.07) is 26.0. The zero-order valence-electron chi connectivity index (χ0n) is 16.3. The highest BCUT2D eigenvalue weighted by atomic mass is 16.6.